The molecule has 1 heterocycles. The van der Waals surface area contributed by atoms with E-state index < -0.39 is 0 Å². The monoisotopic (exact) mass is 233 g/mol. The fraction of sp³-hybridized carbons (Fsp3) is 0.444. The molecule has 78 valence electrons. The van der Waals surface area contributed by atoms with Gasteiger partial charge in [0.25, 0.3) is 0 Å². The molecule has 1 atom stereocenters. The molecule has 5 heteroatoms. The Morgan fingerprint density at radius 3 is 3.21 bits per heavy atom. The Bertz CT molecular complexity index is 276. The van der Waals surface area contributed by atoms with Gasteiger partial charge < -0.3 is 0 Å². The highest BCUT2D eigenvalue weighted by molar-refractivity contribution is 7.43. The van der Waals surface area contributed by atoms with E-state index in [0.717, 1.165) is 16.5 Å². The zero-order chi connectivity index (χ0) is 10.4. The zero-order valence-corrected chi connectivity index (χ0v) is 9.73. The minimum Gasteiger partial charge on any atom is -0.273 e. The van der Waals surface area contributed by atoms with Crippen LogP contribution < -0.4 is 5.48 Å². The van der Waals surface area contributed by atoms with E-state index in [1.54, 1.807) is 6.92 Å². The lowest BCUT2D eigenvalue weighted by Crippen LogP contribution is -2.23. The van der Waals surface area contributed by atoms with Crippen LogP contribution in [0.3, 0.4) is 0 Å². The largest absolute Gasteiger partial charge is 0.273 e. The van der Waals surface area contributed by atoms with Crippen LogP contribution in [0.15, 0.2) is 22.5 Å². The molecule has 1 aliphatic rings. The molecule has 14 heavy (non-hydrogen) atoms. The number of halogens is 1. The Morgan fingerprint density at radius 2 is 2.57 bits per heavy atom. The molecule has 0 saturated heterocycles. The Kier molecular flexibility index (Phi) is 5.16. The summed E-state index contributed by atoms with van der Waals surface area (Å²) in [6.45, 7) is 2.16. The summed E-state index contributed by atoms with van der Waals surface area (Å²) in [5.74, 6) is -0.114. The fourth-order valence-electron chi connectivity index (χ4n) is 0.910. The average Bonchev–Trinajstić information content (AvgIpc) is 2.20. The van der Waals surface area contributed by atoms with Gasteiger partial charge in [-0.1, -0.05) is 33.2 Å². The normalized spacial score (nSPS) is 17.6. The lowest BCUT2D eigenvalue weighted by molar-refractivity contribution is -0.132. The van der Waals surface area contributed by atoms with Crippen LogP contribution in [0.2, 0.25) is 0 Å². The van der Waals surface area contributed by atoms with E-state index in [2.05, 4.69) is 5.48 Å². The molecule has 0 aromatic rings. The van der Waals surface area contributed by atoms with Crippen molar-refractivity contribution in [2.75, 3.05) is 12.8 Å². The van der Waals surface area contributed by atoms with Gasteiger partial charge in [0.15, 0.2) is 0 Å². The molecule has 3 nitrogen and oxygen atoms in total. The number of amides is 1. The van der Waals surface area contributed by atoms with E-state index in [1.807, 2.05) is 12.2 Å². The number of hydrogen-bond acceptors (Lipinski definition) is 2. The number of allylic oxidation sites excluding steroid dienone is 3. The minimum absolute atomic E-state index is 0.114. The Hall–Kier alpha value is -0.370. The van der Waals surface area contributed by atoms with Crippen molar-refractivity contribution in [2.24, 2.45) is 0 Å². The smallest absolute Gasteiger partial charge is 0.243 e. The molecule has 0 fully saturated rings. The van der Waals surface area contributed by atoms with Gasteiger partial charge in [-0.2, -0.15) is 0 Å². The summed E-state index contributed by atoms with van der Waals surface area (Å²) in [6, 6.07) is 0. The second-order valence-corrected chi connectivity index (χ2v) is 4.55. The van der Waals surface area contributed by atoms with Crippen LogP contribution in [0.25, 0.3) is 0 Å². The van der Waals surface area contributed by atoms with Crippen molar-refractivity contribution in [3.05, 3.63) is 22.5 Å². The van der Waals surface area contributed by atoms with Gasteiger partial charge in [0, 0.05) is 11.5 Å². The fourth-order valence-corrected chi connectivity index (χ4v) is 2.16. The van der Waals surface area contributed by atoms with Gasteiger partial charge in [0.1, 0.15) is 6.61 Å². The highest BCUT2D eigenvalue weighted by atomic mass is 35.5. The first kappa shape index (κ1) is 11.7. The SMILES string of the molecule is CCC(=O)NOCC1=C(Cl)C=CCP1. The summed E-state index contributed by atoms with van der Waals surface area (Å²) in [7, 11) is 0.662. The minimum atomic E-state index is -0.114. The molecule has 0 spiro atoms. The first-order valence-electron chi connectivity index (χ1n) is 4.43. The predicted molar refractivity (Wildman–Crippen MR) is 59.6 cm³/mol. The number of carbonyl (C=O) groups excluding carboxylic acids is 1. The van der Waals surface area contributed by atoms with Crippen LogP contribution in [-0.2, 0) is 9.63 Å². The molecule has 1 rings (SSSR count). The second kappa shape index (κ2) is 6.18. The number of hydrogen-bond donors (Lipinski definition) is 1. The Morgan fingerprint density at radius 1 is 1.79 bits per heavy atom. The van der Waals surface area contributed by atoms with E-state index in [4.69, 9.17) is 16.4 Å². The standard InChI is InChI=1S/C9H13ClNO2P/c1-2-9(12)11-13-6-8-7(10)4-3-5-14-8/h3-4,14H,2,5-6H2,1H3,(H,11,12). The van der Waals surface area contributed by atoms with Gasteiger partial charge in [-0.15, -0.1) is 0 Å². The third-order valence-corrected chi connectivity index (χ3v) is 3.50. The summed E-state index contributed by atoms with van der Waals surface area (Å²) in [5.41, 5.74) is 2.35. The van der Waals surface area contributed by atoms with Crippen LogP contribution in [0.5, 0.6) is 0 Å². The van der Waals surface area contributed by atoms with Crippen LogP contribution in [0.4, 0.5) is 0 Å². The van der Waals surface area contributed by atoms with Gasteiger partial charge in [0.2, 0.25) is 5.91 Å². The summed E-state index contributed by atoms with van der Waals surface area (Å²) in [6.07, 6.45) is 5.35. The summed E-state index contributed by atoms with van der Waals surface area (Å²) in [5, 5.41) is 1.80. The first-order valence-corrected chi connectivity index (χ1v) is 6.02. The van der Waals surface area contributed by atoms with Crippen LogP contribution in [0, 0.1) is 0 Å². The van der Waals surface area contributed by atoms with Crippen molar-refractivity contribution in [3.8, 4) is 0 Å². The number of nitrogens with one attached hydrogen (secondary N) is 1. The number of hydroxylamine groups is 1. The lowest BCUT2D eigenvalue weighted by atomic mass is 10.4. The molecule has 0 bridgehead atoms. The summed E-state index contributed by atoms with van der Waals surface area (Å²) >= 11 is 5.94. The van der Waals surface area contributed by atoms with Gasteiger partial charge in [-0.3, -0.25) is 9.63 Å². The number of rotatable bonds is 4. The molecule has 1 N–H and O–H groups in total. The molecular formula is C9H13ClNO2P. The third kappa shape index (κ3) is 3.79. The second-order valence-electron chi connectivity index (χ2n) is 2.78. The van der Waals surface area contributed by atoms with E-state index >= 15 is 0 Å². The van der Waals surface area contributed by atoms with Crippen LogP contribution >= 0.6 is 20.2 Å². The summed E-state index contributed by atoms with van der Waals surface area (Å²) < 4.78 is 0. The molecular weight excluding hydrogens is 221 g/mol. The molecule has 0 saturated carbocycles. The van der Waals surface area contributed by atoms with Crippen molar-refractivity contribution in [2.45, 2.75) is 13.3 Å². The molecule has 1 aliphatic heterocycles. The highest BCUT2D eigenvalue weighted by Crippen LogP contribution is 2.32. The molecule has 1 amide bonds. The van der Waals surface area contributed by atoms with Crippen LogP contribution in [0.1, 0.15) is 13.3 Å². The molecule has 0 aliphatic carbocycles. The maximum absolute atomic E-state index is 10.8. The van der Waals surface area contributed by atoms with E-state index in [1.165, 1.54) is 0 Å². The lowest BCUT2D eigenvalue weighted by Gasteiger charge is -2.12. The van der Waals surface area contributed by atoms with E-state index in [-0.39, 0.29) is 5.91 Å². The summed E-state index contributed by atoms with van der Waals surface area (Å²) in [4.78, 5) is 15.9. The van der Waals surface area contributed by atoms with Gasteiger partial charge in [0.05, 0.1) is 0 Å². The van der Waals surface area contributed by atoms with Crippen molar-refractivity contribution in [1.82, 2.24) is 5.48 Å². The molecule has 0 aromatic carbocycles. The van der Waals surface area contributed by atoms with Crippen LogP contribution in [-0.4, -0.2) is 18.7 Å². The average molecular weight is 234 g/mol. The topological polar surface area (TPSA) is 38.3 Å². The van der Waals surface area contributed by atoms with Crippen molar-refractivity contribution in [3.63, 3.8) is 0 Å². The van der Waals surface area contributed by atoms with Crippen molar-refractivity contribution in [1.29, 1.82) is 0 Å². The molecule has 1 unspecified atom stereocenters. The van der Waals surface area contributed by atoms with Crippen molar-refractivity contribution < 1.29 is 9.63 Å². The van der Waals surface area contributed by atoms with E-state index in [9.17, 15) is 4.79 Å². The van der Waals surface area contributed by atoms with Gasteiger partial charge >= 0.3 is 0 Å². The van der Waals surface area contributed by atoms with Crippen molar-refractivity contribution >= 4 is 26.1 Å². The Balaban J connectivity index is 2.30. The first-order chi connectivity index (χ1) is 6.74. The molecule has 0 radical (unpaired) electrons. The maximum atomic E-state index is 10.8. The number of carbonyl (C=O) groups is 1. The van der Waals surface area contributed by atoms with E-state index in [0.29, 0.717) is 21.6 Å². The predicted octanol–water partition coefficient (Wildman–Crippen LogP) is 2.14. The molecule has 0 aromatic heterocycles. The zero-order valence-electron chi connectivity index (χ0n) is 7.97. The van der Waals surface area contributed by atoms with Gasteiger partial charge in [-0.05, 0) is 17.6 Å². The maximum Gasteiger partial charge on any atom is 0.243 e. The quantitative estimate of drug-likeness (QED) is 0.597. The highest BCUT2D eigenvalue weighted by Gasteiger charge is 2.07. The van der Waals surface area contributed by atoms with Gasteiger partial charge in [-0.25, -0.2) is 5.48 Å². The third-order valence-electron chi connectivity index (χ3n) is 1.71. The Labute approximate surface area is 90.3 Å².